The number of halogens is 2. The van der Waals surface area contributed by atoms with Gasteiger partial charge in [0.05, 0.1) is 11.2 Å². The molecule has 0 aliphatic rings. The van der Waals surface area contributed by atoms with Gasteiger partial charge in [0.15, 0.2) is 0 Å². The second-order valence-corrected chi connectivity index (χ2v) is 8.10. The molecule has 2 aromatic carbocycles. The molecular formula is C17H15Cl2N3O2S. The van der Waals surface area contributed by atoms with Crippen LogP contribution in [-0.2, 0) is 10.0 Å². The fourth-order valence-corrected chi connectivity index (χ4v) is 4.36. The molecule has 0 aliphatic carbocycles. The van der Waals surface area contributed by atoms with E-state index in [0.29, 0.717) is 0 Å². The lowest BCUT2D eigenvalue weighted by molar-refractivity contribution is 0.567. The molecule has 0 unspecified atom stereocenters. The molecule has 0 amide bonds. The molecule has 1 heterocycles. The van der Waals surface area contributed by atoms with Gasteiger partial charge in [0, 0.05) is 34.2 Å². The molecule has 0 spiro atoms. The van der Waals surface area contributed by atoms with Gasteiger partial charge in [-0.05, 0) is 42.8 Å². The van der Waals surface area contributed by atoms with E-state index in [-0.39, 0.29) is 14.9 Å². The third-order valence-electron chi connectivity index (χ3n) is 3.67. The summed E-state index contributed by atoms with van der Waals surface area (Å²) in [5, 5.41) is 0.537. The Kier molecular flexibility index (Phi) is 5.15. The number of nitrogens with zero attached hydrogens (tertiary/aromatic N) is 2. The van der Waals surface area contributed by atoms with Crippen molar-refractivity contribution in [2.24, 2.45) is 0 Å². The number of imidazole rings is 1. The van der Waals surface area contributed by atoms with Gasteiger partial charge < -0.3 is 4.57 Å². The SMILES string of the molecule is C[C@@H](NS(=O)(=O)c1cc(Cl)cc(Cl)c1)c1ccc(-n2ccnc2)cc1. The maximum atomic E-state index is 12.5. The van der Waals surface area contributed by atoms with Gasteiger partial charge in [0.25, 0.3) is 0 Å². The highest BCUT2D eigenvalue weighted by molar-refractivity contribution is 7.89. The Morgan fingerprint density at radius 3 is 2.28 bits per heavy atom. The van der Waals surface area contributed by atoms with Crippen molar-refractivity contribution in [2.75, 3.05) is 0 Å². The summed E-state index contributed by atoms with van der Waals surface area (Å²) in [7, 11) is -3.74. The summed E-state index contributed by atoms with van der Waals surface area (Å²) in [6.45, 7) is 1.77. The van der Waals surface area contributed by atoms with Crippen molar-refractivity contribution in [2.45, 2.75) is 17.9 Å². The van der Waals surface area contributed by atoms with Crippen molar-refractivity contribution in [3.05, 3.63) is 76.8 Å². The van der Waals surface area contributed by atoms with Crippen LogP contribution in [0.5, 0.6) is 0 Å². The van der Waals surface area contributed by atoms with E-state index < -0.39 is 16.1 Å². The lowest BCUT2D eigenvalue weighted by Crippen LogP contribution is -2.26. The number of hydrogen-bond donors (Lipinski definition) is 1. The van der Waals surface area contributed by atoms with Crippen LogP contribution >= 0.6 is 23.2 Å². The van der Waals surface area contributed by atoms with Crippen LogP contribution in [0, 0.1) is 0 Å². The number of hydrogen-bond acceptors (Lipinski definition) is 3. The van der Waals surface area contributed by atoms with E-state index in [4.69, 9.17) is 23.2 Å². The first-order valence-electron chi connectivity index (χ1n) is 7.42. The molecule has 130 valence electrons. The molecule has 0 saturated carbocycles. The second-order valence-electron chi connectivity index (χ2n) is 5.51. The molecule has 1 N–H and O–H groups in total. The van der Waals surface area contributed by atoms with Gasteiger partial charge in [-0.3, -0.25) is 0 Å². The molecule has 1 aromatic heterocycles. The Labute approximate surface area is 156 Å². The largest absolute Gasteiger partial charge is 0.306 e. The van der Waals surface area contributed by atoms with Crippen molar-refractivity contribution < 1.29 is 8.42 Å². The molecule has 0 saturated heterocycles. The van der Waals surface area contributed by atoms with E-state index in [2.05, 4.69) is 9.71 Å². The van der Waals surface area contributed by atoms with Crippen LogP contribution in [0.2, 0.25) is 10.0 Å². The standard InChI is InChI=1S/C17H15Cl2N3O2S/c1-12(13-2-4-16(5-3-13)22-7-6-20-11-22)21-25(23,24)17-9-14(18)8-15(19)10-17/h2-12,21H,1H3/t12-/m1/s1. The van der Waals surface area contributed by atoms with Gasteiger partial charge in [0.2, 0.25) is 10.0 Å². The van der Waals surface area contributed by atoms with Gasteiger partial charge in [-0.1, -0.05) is 35.3 Å². The average Bonchev–Trinajstić information content (AvgIpc) is 3.08. The topological polar surface area (TPSA) is 64.0 Å². The van der Waals surface area contributed by atoms with Gasteiger partial charge in [-0.15, -0.1) is 0 Å². The summed E-state index contributed by atoms with van der Waals surface area (Å²) >= 11 is 11.8. The van der Waals surface area contributed by atoms with E-state index >= 15 is 0 Å². The van der Waals surface area contributed by atoms with E-state index in [0.717, 1.165) is 11.3 Å². The van der Waals surface area contributed by atoms with Gasteiger partial charge in [-0.25, -0.2) is 18.1 Å². The van der Waals surface area contributed by atoms with Gasteiger partial charge in [0.1, 0.15) is 0 Å². The lowest BCUT2D eigenvalue weighted by atomic mass is 10.1. The minimum atomic E-state index is -3.74. The maximum absolute atomic E-state index is 12.5. The van der Waals surface area contributed by atoms with Crippen molar-refractivity contribution in [1.29, 1.82) is 0 Å². The summed E-state index contributed by atoms with van der Waals surface area (Å²) in [6, 6.07) is 11.3. The maximum Gasteiger partial charge on any atom is 0.241 e. The van der Waals surface area contributed by atoms with Crippen LogP contribution in [0.15, 0.2) is 66.1 Å². The molecule has 0 aliphatic heterocycles. The van der Waals surface area contributed by atoms with E-state index in [1.54, 1.807) is 19.4 Å². The Hall–Kier alpha value is -1.86. The Morgan fingerprint density at radius 2 is 1.72 bits per heavy atom. The zero-order valence-electron chi connectivity index (χ0n) is 13.2. The molecule has 8 heteroatoms. The third-order valence-corrected chi connectivity index (χ3v) is 5.63. The van der Waals surface area contributed by atoms with E-state index in [9.17, 15) is 8.42 Å². The zero-order chi connectivity index (χ0) is 18.0. The van der Waals surface area contributed by atoms with Crippen LogP contribution in [0.25, 0.3) is 5.69 Å². The van der Waals surface area contributed by atoms with Crippen LogP contribution in [0.1, 0.15) is 18.5 Å². The van der Waals surface area contributed by atoms with Crippen molar-refractivity contribution >= 4 is 33.2 Å². The van der Waals surface area contributed by atoms with E-state index in [1.807, 2.05) is 35.0 Å². The van der Waals surface area contributed by atoms with Crippen molar-refractivity contribution in [3.63, 3.8) is 0 Å². The minimum Gasteiger partial charge on any atom is -0.306 e. The highest BCUT2D eigenvalue weighted by Crippen LogP contribution is 2.24. The van der Waals surface area contributed by atoms with Crippen LogP contribution in [-0.4, -0.2) is 18.0 Å². The Balaban J connectivity index is 1.80. The van der Waals surface area contributed by atoms with Crippen LogP contribution in [0.4, 0.5) is 0 Å². The molecule has 5 nitrogen and oxygen atoms in total. The average molecular weight is 396 g/mol. The van der Waals surface area contributed by atoms with Crippen molar-refractivity contribution in [1.82, 2.24) is 14.3 Å². The predicted octanol–water partition coefficient (Wildman–Crippen LogP) is 4.22. The smallest absolute Gasteiger partial charge is 0.241 e. The first-order chi connectivity index (χ1) is 11.8. The number of benzene rings is 2. The first kappa shape index (κ1) is 17.9. The predicted molar refractivity (Wildman–Crippen MR) is 98.8 cm³/mol. The summed E-state index contributed by atoms with van der Waals surface area (Å²) < 4.78 is 29.6. The number of sulfonamides is 1. The fourth-order valence-electron chi connectivity index (χ4n) is 2.40. The van der Waals surface area contributed by atoms with Crippen LogP contribution in [0.3, 0.4) is 0 Å². The molecule has 0 bridgehead atoms. The highest BCUT2D eigenvalue weighted by Gasteiger charge is 2.19. The van der Waals surface area contributed by atoms with Gasteiger partial charge >= 0.3 is 0 Å². The third kappa shape index (κ3) is 4.22. The summed E-state index contributed by atoms with van der Waals surface area (Å²) in [5.74, 6) is 0. The van der Waals surface area contributed by atoms with Gasteiger partial charge in [-0.2, -0.15) is 0 Å². The lowest BCUT2D eigenvalue weighted by Gasteiger charge is -2.15. The van der Waals surface area contributed by atoms with Crippen molar-refractivity contribution in [3.8, 4) is 5.69 Å². The number of aromatic nitrogens is 2. The monoisotopic (exact) mass is 395 g/mol. The molecule has 0 fully saturated rings. The molecule has 3 aromatic rings. The zero-order valence-corrected chi connectivity index (χ0v) is 15.6. The van der Waals surface area contributed by atoms with E-state index in [1.165, 1.54) is 18.2 Å². The Bertz CT molecular complexity index is 951. The normalized spacial score (nSPS) is 12.9. The summed E-state index contributed by atoms with van der Waals surface area (Å²) in [4.78, 5) is 4.04. The quantitative estimate of drug-likeness (QED) is 0.703. The molecular weight excluding hydrogens is 381 g/mol. The fraction of sp³-hybridized carbons (Fsp3) is 0.118. The highest BCUT2D eigenvalue weighted by atomic mass is 35.5. The molecule has 25 heavy (non-hydrogen) atoms. The molecule has 3 rings (SSSR count). The minimum absolute atomic E-state index is 0.0342. The second kappa shape index (κ2) is 7.17. The summed E-state index contributed by atoms with van der Waals surface area (Å²) in [5.41, 5.74) is 1.78. The Morgan fingerprint density at radius 1 is 1.08 bits per heavy atom. The molecule has 0 radical (unpaired) electrons. The van der Waals surface area contributed by atoms with Crippen LogP contribution < -0.4 is 4.72 Å². The first-order valence-corrected chi connectivity index (χ1v) is 9.66. The summed E-state index contributed by atoms with van der Waals surface area (Å²) in [6.07, 6.45) is 5.23. The number of nitrogens with one attached hydrogen (secondary N) is 1. The number of rotatable bonds is 5. The molecule has 1 atom stereocenters.